The molecule has 2 rings (SSSR count). The normalized spacial score (nSPS) is 13.3. The van der Waals surface area contributed by atoms with Crippen LogP contribution < -0.4 is 5.19 Å². The van der Waals surface area contributed by atoms with Gasteiger partial charge in [0.2, 0.25) is 0 Å². The zero-order valence-corrected chi connectivity index (χ0v) is 12.5. The molecule has 0 aliphatic carbocycles. The molecule has 1 unspecified atom stereocenters. The Morgan fingerprint density at radius 3 is 1.68 bits per heavy atom. The van der Waals surface area contributed by atoms with Crippen LogP contribution in [0.4, 0.5) is 4.39 Å². The van der Waals surface area contributed by atoms with Crippen molar-refractivity contribution in [1.29, 1.82) is 0 Å². The third kappa shape index (κ3) is 3.31. The summed E-state index contributed by atoms with van der Waals surface area (Å²) in [5.74, 6) is -0.287. The number of halogens is 1. The van der Waals surface area contributed by atoms with Gasteiger partial charge in [-0.15, -0.1) is 0 Å². The first-order valence-electron chi connectivity index (χ1n) is 6.42. The molecule has 1 atom stereocenters. The van der Waals surface area contributed by atoms with E-state index in [4.69, 9.17) is 0 Å². The summed E-state index contributed by atoms with van der Waals surface area (Å²) in [7, 11) is -1.31. The van der Waals surface area contributed by atoms with E-state index in [0.717, 1.165) is 5.56 Å². The molecule has 2 aromatic carbocycles. The minimum atomic E-state index is -1.31. The van der Waals surface area contributed by atoms with E-state index in [-0.39, 0.29) is 5.82 Å². The second-order valence-corrected chi connectivity index (χ2v) is 10.9. The van der Waals surface area contributed by atoms with E-state index in [0.29, 0.717) is 5.56 Å². The largest absolute Gasteiger partial charge is 0.384 e. The highest BCUT2D eigenvalue weighted by atomic mass is 28.3. The molecule has 3 heteroatoms. The van der Waals surface area contributed by atoms with Crippen LogP contribution in [-0.2, 0) is 0 Å². The van der Waals surface area contributed by atoms with Crippen molar-refractivity contribution in [2.75, 3.05) is 0 Å². The van der Waals surface area contributed by atoms with Crippen molar-refractivity contribution in [3.8, 4) is 0 Å². The minimum absolute atomic E-state index is 0.287. The summed E-state index contributed by atoms with van der Waals surface area (Å²) in [6.07, 6.45) is -0.698. The summed E-state index contributed by atoms with van der Waals surface area (Å²) >= 11 is 0. The van der Waals surface area contributed by atoms with E-state index in [1.807, 2.05) is 12.1 Å². The predicted molar refractivity (Wildman–Crippen MR) is 79.9 cm³/mol. The van der Waals surface area contributed by atoms with E-state index in [2.05, 4.69) is 31.8 Å². The fourth-order valence-corrected chi connectivity index (χ4v) is 3.17. The monoisotopic (exact) mass is 274 g/mol. The molecule has 0 aromatic heterocycles. The lowest BCUT2D eigenvalue weighted by Gasteiger charge is -2.18. The van der Waals surface area contributed by atoms with Gasteiger partial charge in [0.25, 0.3) is 0 Å². The number of aliphatic hydroxyl groups excluding tert-OH is 1. The second-order valence-electron chi connectivity index (χ2n) is 5.83. The van der Waals surface area contributed by atoms with Crippen molar-refractivity contribution in [2.45, 2.75) is 25.7 Å². The summed E-state index contributed by atoms with van der Waals surface area (Å²) in [4.78, 5) is 0. The molecule has 100 valence electrons. The van der Waals surface area contributed by atoms with E-state index in [9.17, 15) is 9.50 Å². The molecule has 0 fully saturated rings. The smallest absolute Gasteiger partial charge is 0.123 e. The third-order valence-electron chi connectivity index (χ3n) is 3.28. The van der Waals surface area contributed by atoms with Crippen molar-refractivity contribution >= 4 is 13.3 Å². The van der Waals surface area contributed by atoms with Gasteiger partial charge in [0.15, 0.2) is 0 Å². The van der Waals surface area contributed by atoms with Gasteiger partial charge >= 0.3 is 0 Å². The number of aliphatic hydroxyl groups is 1. The molecule has 2 aromatic rings. The molecule has 19 heavy (non-hydrogen) atoms. The van der Waals surface area contributed by atoms with Gasteiger partial charge < -0.3 is 5.11 Å². The van der Waals surface area contributed by atoms with Crippen LogP contribution in [0.15, 0.2) is 48.5 Å². The van der Waals surface area contributed by atoms with Gasteiger partial charge in [-0.25, -0.2) is 4.39 Å². The molecule has 0 bridgehead atoms. The average Bonchev–Trinajstić information content (AvgIpc) is 2.38. The fraction of sp³-hybridized carbons (Fsp3) is 0.250. The highest BCUT2D eigenvalue weighted by molar-refractivity contribution is 6.88. The summed E-state index contributed by atoms with van der Waals surface area (Å²) in [5.41, 5.74) is 1.55. The van der Waals surface area contributed by atoms with E-state index >= 15 is 0 Å². The third-order valence-corrected chi connectivity index (χ3v) is 5.34. The Morgan fingerprint density at radius 2 is 1.26 bits per heavy atom. The van der Waals surface area contributed by atoms with Gasteiger partial charge in [-0.3, -0.25) is 0 Å². The highest BCUT2D eigenvalue weighted by Crippen LogP contribution is 2.21. The Morgan fingerprint density at radius 1 is 0.842 bits per heavy atom. The number of hydrogen-bond donors (Lipinski definition) is 1. The Kier molecular flexibility index (Phi) is 3.87. The first-order valence-corrected chi connectivity index (χ1v) is 9.92. The van der Waals surface area contributed by atoms with E-state index < -0.39 is 14.2 Å². The Labute approximate surface area is 114 Å². The number of benzene rings is 2. The lowest BCUT2D eigenvalue weighted by atomic mass is 10.0. The van der Waals surface area contributed by atoms with Crippen LogP contribution >= 0.6 is 0 Å². The molecule has 0 aliphatic rings. The van der Waals surface area contributed by atoms with Crippen molar-refractivity contribution < 1.29 is 9.50 Å². The topological polar surface area (TPSA) is 20.2 Å². The average molecular weight is 274 g/mol. The van der Waals surface area contributed by atoms with Crippen molar-refractivity contribution in [3.05, 3.63) is 65.5 Å². The highest BCUT2D eigenvalue weighted by Gasteiger charge is 2.17. The molecule has 0 saturated heterocycles. The van der Waals surface area contributed by atoms with Gasteiger partial charge in [0.05, 0.1) is 8.07 Å². The molecule has 1 N–H and O–H groups in total. The van der Waals surface area contributed by atoms with Crippen LogP contribution in [0.25, 0.3) is 0 Å². The molecule has 0 radical (unpaired) electrons. The van der Waals surface area contributed by atoms with Crippen LogP contribution in [-0.4, -0.2) is 13.2 Å². The van der Waals surface area contributed by atoms with Crippen LogP contribution in [0.1, 0.15) is 17.2 Å². The Bertz CT molecular complexity index is 540. The van der Waals surface area contributed by atoms with Crippen molar-refractivity contribution in [3.63, 3.8) is 0 Å². The molecular formula is C16H19FOSi. The summed E-state index contributed by atoms with van der Waals surface area (Å²) in [6, 6.07) is 14.1. The molecule has 1 nitrogen and oxygen atoms in total. The molecule has 0 spiro atoms. The summed E-state index contributed by atoms with van der Waals surface area (Å²) in [5, 5.41) is 11.6. The quantitative estimate of drug-likeness (QED) is 0.850. The Balaban J connectivity index is 2.25. The molecule has 0 saturated carbocycles. The zero-order valence-electron chi connectivity index (χ0n) is 11.5. The summed E-state index contributed by atoms with van der Waals surface area (Å²) in [6.45, 7) is 6.87. The lowest BCUT2D eigenvalue weighted by Crippen LogP contribution is -2.37. The molecule has 0 amide bonds. The van der Waals surface area contributed by atoms with Crippen LogP contribution in [0.3, 0.4) is 0 Å². The van der Waals surface area contributed by atoms with Crippen LogP contribution in [0, 0.1) is 5.82 Å². The SMILES string of the molecule is C[Si](C)(C)c1ccc(C(O)c2ccc(F)cc2)cc1. The lowest BCUT2D eigenvalue weighted by molar-refractivity contribution is 0.220. The maximum Gasteiger partial charge on any atom is 0.123 e. The van der Waals surface area contributed by atoms with Gasteiger partial charge in [-0.2, -0.15) is 0 Å². The van der Waals surface area contributed by atoms with Gasteiger partial charge in [-0.05, 0) is 23.3 Å². The summed E-state index contributed by atoms with van der Waals surface area (Å²) < 4.78 is 12.9. The number of rotatable bonds is 3. The first kappa shape index (κ1) is 14.0. The van der Waals surface area contributed by atoms with Crippen molar-refractivity contribution in [1.82, 2.24) is 0 Å². The predicted octanol–water partition coefficient (Wildman–Crippen LogP) is 3.45. The van der Waals surface area contributed by atoms with Crippen molar-refractivity contribution in [2.24, 2.45) is 0 Å². The van der Waals surface area contributed by atoms with E-state index in [1.54, 1.807) is 12.1 Å². The zero-order chi connectivity index (χ0) is 14.0. The second kappa shape index (κ2) is 5.27. The molecule has 0 heterocycles. The van der Waals surface area contributed by atoms with Crippen LogP contribution in [0.2, 0.25) is 19.6 Å². The van der Waals surface area contributed by atoms with Crippen LogP contribution in [0.5, 0.6) is 0 Å². The van der Waals surface area contributed by atoms with Gasteiger partial charge in [0.1, 0.15) is 11.9 Å². The van der Waals surface area contributed by atoms with E-state index in [1.165, 1.54) is 17.3 Å². The first-order chi connectivity index (χ1) is 8.88. The fourth-order valence-electron chi connectivity index (χ4n) is 2.00. The molecule has 0 aliphatic heterocycles. The Hall–Kier alpha value is -1.45. The molecular weight excluding hydrogens is 255 g/mol. The minimum Gasteiger partial charge on any atom is -0.384 e. The van der Waals surface area contributed by atoms with Gasteiger partial charge in [0, 0.05) is 0 Å². The number of hydrogen-bond acceptors (Lipinski definition) is 1. The maximum atomic E-state index is 12.9. The standard InChI is InChI=1S/C16H19FOSi/c1-19(2,3)15-10-6-13(7-11-15)16(18)12-4-8-14(17)9-5-12/h4-11,16,18H,1-3H3. The maximum absolute atomic E-state index is 12.9. The van der Waals surface area contributed by atoms with Gasteiger partial charge in [-0.1, -0.05) is 61.2 Å².